The molecule has 4 rings (SSSR count). The smallest absolute Gasteiger partial charge is 0.307 e. The van der Waals surface area contributed by atoms with Gasteiger partial charge in [-0.2, -0.15) is 0 Å². The summed E-state index contributed by atoms with van der Waals surface area (Å²) in [6.07, 6.45) is 1.83. The molecule has 1 fully saturated rings. The van der Waals surface area contributed by atoms with Crippen LogP contribution >= 0.6 is 12.2 Å². The molecule has 0 aliphatic carbocycles. The van der Waals surface area contributed by atoms with E-state index in [4.69, 9.17) is 21.4 Å². The number of pyridine rings is 1. The van der Waals surface area contributed by atoms with E-state index in [9.17, 15) is 14.9 Å². The average molecular weight is 452 g/mol. The zero-order valence-corrected chi connectivity index (χ0v) is 18.0. The number of nitro groups is 1. The highest BCUT2D eigenvalue weighted by atomic mass is 32.1. The van der Waals surface area contributed by atoms with Crippen molar-refractivity contribution in [2.24, 2.45) is 0 Å². The number of esters is 1. The molecule has 1 aromatic carbocycles. The Bertz CT molecular complexity index is 1150. The molecule has 9 nitrogen and oxygen atoms in total. The van der Waals surface area contributed by atoms with E-state index in [1.807, 2.05) is 23.1 Å². The predicted octanol–water partition coefficient (Wildman–Crippen LogP) is 3.79. The molecule has 0 radical (unpaired) electrons. The summed E-state index contributed by atoms with van der Waals surface area (Å²) in [7, 11) is 1.34. The van der Waals surface area contributed by atoms with Crippen LogP contribution in [0.1, 0.15) is 30.0 Å². The molecule has 1 N–H and O–H groups in total. The second-order valence-corrected chi connectivity index (χ2v) is 7.51. The topological polar surface area (TPSA) is 111 Å². The van der Waals surface area contributed by atoms with Gasteiger partial charge in [-0.1, -0.05) is 18.2 Å². The molecule has 1 saturated heterocycles. The molecular weight excluding hydrogens is 432 g/mol. The molecule has 2 aromatic heterocycles. The first kappa shape index (κ1) is 21.4. The van der Waals surface area contributed by atoms with E-state index in [1.165, 1.54) is 13.2 Å². The van der Waals surface area contributed by atoms with Crippen LogP contribution in [0.5, 0.6) is 0 Å². The third kappa shape index (κ3) is 4.17. The minimum absolute atomic E-state index is 0.0442. The zero-order chi connectivity index (χ0) is 22.7. The number of carbonyl (C=O) groups is 1. The number of nitrogens with one attached hydrogen (secondary N) is 1. The van der Waals surface area contributed by atoms with Crippen molar-refractivity contribution in [2.45, 2.75) is 18.5 Å². The summed E-state index contributed by atoms with van der Waals surface area (Å²) in [5.41, 5.74) is 1.09. The summed E-state index contributed by atoms with van der Waals surface area (Å²) in [6, 6.07) is 14.7. The number of rotatable bonds is 7. The number of ether oxygens (including phenoxy) is 1. The van der Waals surface area contributed by atoms with E-state index >= 15 is 0 Å². The van der Waals surface area contributed by atoms with Gasteiger partial charge in [-0.25, -0.2) is 0 Å². The molecular formula is C22H20N4O5S. The molecule has 32 heavy (non-hydrogen) atoms. The van der Waals surface area contributed by atoms with Gasteiger partial charge in [-0.3, -0.25) is 19.9 Å². The second-order valence-electron chi connectivity index (χ2n) is 7.12. The average Bonchev–Trinajstić information content (AvgIpc) is 3.42. The lowest BCUT2D eigenvalue weighted by molar-refractivity contribution is -0.384. The fraction of sp³-hybridized carbons (Fsp3) is 0.227. The molecule has 0 saturated carbocycles. The van der Waals surface area contributed by atoms with Gasteiger partial charge < -0.3 is 19.4 Å². The van der Waals surface area contributed by atoms with Crippen LogP contribution in [-0.2, 0) is 9.53 Å². The molecule has 0 amide bonds. The molecule has 0 unspecified atom stereocenters. The maximum Gasteiger partial charge on any atom is 0.307 e. The monoisotopic (exact) mass is 452 g/mol. The maximum absolute atomic E-state index is 11.7. The largest absolute Gasteiger partial charge is 0.469 e. The van der Waals surface area contributed by atoms with Crippen LogP contribution < -0.4 is 5.32 Å². The van der Waals surface area contributed by atoms with Crippen molar-refractivity contribution < 1.29 is 18.9 Å². The van der Waals surface area contributed by atoms with Crippen molar-refractivity contribution in [2.75, 3.05) is 13.7 Å². The highest BCUT2D eigenvalue weighted by molar-refractivity contribution is 7.80. The van der Waals surface area contributed by atoms with Crippen LogP contribution in [0.15, 0.2) is 65.2 Å². The third-order valence-corrected chi connectivity index (χ3v) is 5.62. The van der Waals surface area contributed by atoms with Crippen molar-refractivity contribution in [3.63, 3.8) is 0 Å². The number of aromatic nitrogens is 1. The van der Waals surface area contributed by atoms with Crippen LogP contribution in [0.2, 0.25) is 0 Å². The summed E-state index contributed by atoms with van der Waals surface area (Å²) in [6.45, 7) is 0.314. The fourth-order valence-electron chi connectivity index (χ4n) is 3.77. The van der Waals surface area contributed by atoms with Gasteiger partial charge in [0.1, 0.15) is 17.6 Å². The standard InChI is InChI=1S/C22H20N4O5S/c1-30-19(27)11-13-25-21(20(24-22(25)32)15-7-4-5-12-23-15)18-10-9-17(31-18)14-6-2-3-8-16(14)26(28)29/h2-10,12,20-21H,11,13H2,1H3,(H,24,32)/t20-,21+/m1/s1. The normalized spacial score (nSPS) is 17.8. The van der Waals surface area contributed by atoms with Crippen LogP contribution in [0.3, 0.4) is 0 Å². The highest BCUT2D eigenvalue weighted by Crippen LogP contribution is 2.41. The van der Waals surface area contributed by atoms with Crippen molar-refractivity contribution in [1.29, 1.82) is 0 Å². The number of carbonyl (C=O) groups excluding carboxylic acids is 1. The van der Waals surface area contributed by atoms with E-state index in [-0.39, 0.29) is 24.1 Å². The Balaban J connectivity index is 1.72. The van der Waals surface area contributed by atoms with Gasteiger partial charge in [0.15, 0.2) is 5.11 Å². The number of hydrogen-bond donors (Lipinski definition) is 1. The Kier molecular flexibility index (Phi) is 6.13. The molecule has 0 bridgehead atoms. The molecule has 1 aliphatic rings. The van der Waals surface area contributed by atoms with Gasteiger partial charge in [0.2, 0.25) is 0 Å². The first-order valence-electron chi connectivity index (χ1n) is 9.88. The van der Waals surface area contributed by atoms with E-state index in [2.05, 4.69) is 10.3 Å². The number of thiocarbonyl (C=S) groups is 1. The number of benzene rings is 1. The van der Waals surface area contributed by atoms with Crippen LogP contribution in [-0.4, -0.2) is 39.5 Å². The Morgan fingerprint density at radius 2 is 2.03 bits per heavy atom. The van der Waals surface area contributed by atoms with Crippen LogP contribution in [0.25, 0.3) is 11.3 Å². The lowest BCUT2D eigenvalue weighted by atomic mass is 10.0. The number of para-hydroxylation sites is 1. The SMILES string of the molecule is COC(=O)CCN1C(=S)N[C@H](c2ccccn2)[C@@H]1c1ccc(-c2ccccc2[N+](=O)[O-])o1. The summed E-state index contributed by atoms with van der Waals surface area (Å²) >= 11 is 5.54. The first-order valence-corrected chi connectivity index (χ1v) is 10.3. The van der Waals surface area contributed by atoms with Crippen molar-refractivity contribution >= 4 is 29.0 Å². The molecule has 1 aliphatic heterocycles. The Hall–Kier alpha value is -3.79. The van der Waals surface area contributed by atoms with Gasteiger partial charge in [-0.15, -0.1) is 0 Å². The van der Waals surface area contributed by atoms with Gasteiger partial charge in [-0.05, 0) is 42.5 Å². The van der Waals surface area contributed by atoms with Crippen LogP contribution in [0.4, 0.5) is 5.69 Å². The lowest BCUT2D eigenvalue weighted by Gasteiger charge is -2.25. The minimum Gasteiger partial charge on any atom is -0.469 e. The lowest BCUT2D eigenvalue weighted by Crippen LogP contribution is -2.31. The van der Waals surface area contributed by atoms with Crippen LogP contribution in [0, 0.1) is 10.1 Å². The van der Waals surface area contributed by atoms with Gasteiger partial charge in [0.25, 0.3) is 5.69 Å². The molecule has 2 atom stereocenters. The molecule has 10 heteroatoms. The molecule has 0 spiro atoms. The maximum atomic E-state index is 11.7. The fourth-order valence-corrected chi connectivity index (χ4v) is 4.10. The quantitative estimate of drug-likeness (QED) is 0.248. The number of nitro benzene ring substituents is 1. The number of methoxy groups -OCH3 is 1. The van der Waals surface area contributed by atoms with Gasteiger partial charge in [0.05, 0.1) is 35.8 Å². The third-order valence-electron chi connectivity index (χ3n) is 5.27. The summed E-state index contributed by atoms with van der Waals surface area (Å²) in [4.78, 5) is 29.1. The van der Waals surface area contributed by atoms with E-state index in [0.29, 0.717) is 28.7 Å². The second kappa shape index (κ2) is 9.15. The predicted molar refractivity (Wildman–Crippen MR) is 120 cm³/mol. The Morgan fingerprint density at radius 1 is 1.25 bits per heavy atom. The Labute approximate surface area is 189 Å². The summed E-state index contributed by atoms with van der Waals surface area (Å²) in [5, 5.41) is 15.2. The van der Waals surface area contributed by atoms with E-state index in [0.717, 1.165) is 5.69 Å². The van der Waals surface area contributed by atoms with Gasteiger partial charge in [0, 0.05) is 18.8 Å². The summed E-state index contributed by atoms with van der Waals surface area (Å²) in [5.74, 6) is 0.566. The molecule has 3 heterocycles. The van der Waals surface area contributed by atoms with Gasteiger partial charge >= 0.3 is 5.97 Å². The molecule has 164 valence electrons. The van der Waals surface area contributed by atoms with E-state index in [1.54, 1.807) is 36.5 Å². The number of hydrogen-bond acceptors (Lipinski definition) is 7. The van der Waals surface area contributed by atoms with Crippen molar-refractivity contribution in [1.82, 2.24) is 15.2 Å². The highest BCUT2D eigenvalue weighted by Gasteiger charge is 2.41. The zero-order valence-electron chi connectivity index (χ0n) is 17.1. The minimum atomic E-state index is -0.441. The number of furan rings is 1. The number of nitrogens with zero attached hydrogens (tertiary/aromatic N) is 3. The molecule has 3 aromatic rings. The van der Waals surface area contributed by atoms with E-state index < -0.39 is 11.0 Å². The van der Waals surface area contributed by atoms with Crippen molar-refractivity contribution in [3.8, 4) is 11.3 Å². The first-order chi connectivity index (χ1) is 15.5. The van der Waals surface area contributed by atoms with Crippen molar-refractivity contribution in [3.05, 3.63) is 82.4 Å². The Morgan fingerprint density at radius 3 is 2.75 bits per heavy atom. The summed E-state index contributed by atoms with van der Waals surface area (Å²) < 4.78 is 10.9.